The first kappa shape index (κ1) is 16.1. The number of carbonyl (C=O) groups is 1. The second-order valence-electron chi connectivity index (χ2n) is 6.09. The van der Waals surface area contributed by atoms with Crippen molar-refractivity contribution in [1.82, 2.24) is 0 Å². The van der Waals surface area contributed by atoms with Crippen molar-refractivity contribution >= 4 is 17.3 Å². The molecule has 0 saturated carbocycles. The van der Waals surface area contributed by atoms with Crippen LogP contribution in [0, 0.1) is 17.2 Å². The highest BCUT2D eigenvalue weighted by molar-refractivity contribution is 6.04. The largest absolute Gasteiger partial charge is 0.440 e. The molecule has 0 unspecified atom stereocenters. The molecule has 1 aromatic carbocycles. The average molecular weight is 323 g/mol. The van der Waals surface area contributed by atoms with E-state index in [9.17, 15) is 4.79 Å². The molecule has 1 aliphatic heterocycles. The fraction of sp³-hybridized carbons (Fsp3) is 0.368. The van der Waals surface area contributed by atoms with Gasteiger partial charge in [-0.1, -0.05) is 25.5 Å². The van der Waals surface area contributed by atoms with E-state index in [1.807, 2.05) is 30.3 Å². The number of anilines is 2. The fourth-order valence-electron chi connectivity index (χ4n) is 3.14. The molecule has 0 radical (unpaired) electrons. The van der Waals surface area contributed by atoms with Gasteiger partial charge in [0.25, 0.3) is 5.91 Å². The second kappa shape index (κ2) is 7.22. The maximum Gasteiger partial charge on any atom is 0.291 e. The summed E-state index contributed by atoms with van der Waals surface area (Å²) in [6.07, 6.45) is 3.59. The van der Waals surface area contributed by atoms with Gasteiger partial charge in [-0.2, -0.15) is 5.26 Å². The second-order valence-corrected chi connectivity index (χ2v) is 6.09. The SMILES string of the molecule is CCC1CCN(c2ccccc2NC(=O)c2ccc(C#N)o2)CC1. The van der Waals surface area contributed by atoms with Crippen LogP contribution < -0.4 is 10.2 Å². The maximum absolute atomic E-state index is 12.3. The van der Waals surface area contributed by atoms with Gasteiger partial charge in [-0.25, -0.2) is 0 Å². The van der Waals surface area contributed by atoms with Crippen LogP contribution in [0.2, 0.25) is 0 Å². The summed E-state index contributed by atoms with van der Waals surface area (Å²) < 4.78 is 5.19. The van der Waals surface area contributed by atoms with Crippen molar-refractivity contribution in [2.24, 2.45) is 5.92 Å². The van der Waals surface area contributed by atoms with Crippen molar-refractivity contribution in [2.75, 3.05) is 23.3 Å². The van der Waals surface area contributed by atoms with Crippen LogP contribution in [-0.2, 0) is 0 Å². The van der Waals surface area contributed by atoms with Crippen LogP contribution >= 0.6 is 0 Å². The van der Waals surface area contributed by atoms with Gasteiger partial charge >= 0.3 is 0 Å². The third kappa shape index (κ3) is 3.43. The number of nitriles is 1. The summed E-state index contributed by atoms with van der Waals surface area (Å²) in [5.74, 6) is 0.740. The number of nitrogens with zero attached hydrogens (tertiary/aromatic N) is 2. The first-order valence-corrected chi connectivity index (χ1v) is 8.36. The Labute approximate surface area is 141 Å². The predicted octanol–water partition coefficient (Wildman–Crippen LogP) is 4.03. The van der Waals surface area contributed by atoms with Gasteiger partial charge in [0, 0.05) is 13.1 Å². The average Bonchev–Trinajstić information content (AvgIpc) is 3.12. The van der Waals surface area contributed by atoms with E-state index in [4.69, 9.17) is 9.68 Å². The first-order chi connectivity index (χ1) is 11.7. The molecular formula is C19H21N3O2. The van der Waals surface area contributed by atoms with Crippen LogP contribution in [0.25, 0.3) is 0 Å². The molecule has 5 heteroatoms. The van der Waals surface area contributed by atoms with Crippen molar-refractivity contribution in [3.8, 4) is 6.07 Å². The van der Waals surface area contributed by atoms with Crippen molar-refractivity contribution in [3.63, 3.8) is 0 Å². The number of benzene rings is 1. The van der Waals surface area contributed by atoms with Gasteiger partial charge in [0.2, 0.25) is 5.76 Å². The van der Waals surface area contributed by atoms with E-state index in [0.29, 0.717) is 0 Å². The van der Waals surface area contributed by atoms with Crippen LogP contribution in [0.3, 0.4) is 0 Å². The number of furan rings is 1. The zero-order valence-corrected chi connectivity index (χ0v) is 13.8. The molecule has 2 aromatic rings. The first-order valence-electron chi connectivity index (χ1n) is 8.36. The molecule has 5 nitrogen and oxygen atoms in total. The van der Waals surface area contributed by atoms with Crippen LogP contribution in [0.5, 0.6) is 0 Å². The van der Waals surface area contributed by atoms with Gasteiger partial charge in [-0.15, -0.1) is 0 Å². The Morgan fingerprint density at radius 2 is 2.04 bits per heavy atom. The summed E-state index contributed by atoms with van der Waals surface area (Å²) in [7, 11) is 0. The third-order valence-corrected chi connectivity index (χ3v) is 4.62. The highest BCUT2D eigenvalue weighted by Crippen LogP contribution is 2.31. The van der Waals surface area contributed by atoms with Crippen LogP contribution in [-0.4, -0.2) is 19.0 Å². The van der Waals surface area contributed by atoms with Gasteiger partial charge in [0.1, 0.15) is 6.07 Å². The summed E-state index contributed by atoms with van der Waals surface area (Å²) in [5, 5.41) is 11.7. The number of amides is 1. The topological polar surface area (TPSA) is 69.3 Å². The summed E-state index contributed by atoms with van der Waals surface area (Å²) in [4.78, 5) is 14.7. The number of hydrogen-bond donors (Lipinski definition) is 1. The molecule has 1 N–H and O–H groups in total. The highest BCUT2D eigenvalue weighted by Gasteiger charge is 2.21. The molecule has 1 aromatic heterocycles. The molecule has 1 saturated heterocycles. The summed E-state index contributed by atoms with van der Waals surface area (Å²) in [5.41, 5.74) is 1.81. The van der Waals surface area contributed by atoms with E-state index in [2.05, 4.69) is 17.1 Å². The predicted molar refractivity (Wildman–Crippen MR) is 93.0 cm³/mol. The standard InChI is InChI=1S/C19H21N3O2/c1-2-14-9-11-22(12-10-14)17-6-4-3-5-16(17)21-19(23)18-8-7-15(13-20)24-18/h3-8,14H,2,9-12H2,1H3,(H,21,23). The van der Waals surface area contributed by atoms with Crippen LogP contribution in [0.1, 0.15) is 42.5 Å². The number of piperidine rings is 1. The summed E-state index contributed by atoms with van der Waals surface area (Å²) in [6, 6.07) is 12.7. The molecule has 0 atom stereocenters. The minimum absolute atomic E-state index is 0.134. The van der Waals surface area contributed by atoms with Crippen molar-refractivity contribution in [1.29, 1.82) is 5.26 Å². The number of carbonyl (C=O) groups excluding carboxylic acids is 1. The van der Waals surface area contributed by atoms with E-state index >= 15 is 0 Å². The lowest BCUT2D eigenvalue weighted by Gasteiger charge is -2.34. The Bertz CT molecular complexity index is 752. The minimum atomic E-state index is -0.340. The molecule has 1 fully saturated rings. The molecular weight excluding hydrogens is 302 g/mol. The summed E-state index contributed by atoms with van der Waals surface area (Å²) in [6.45, 7) is 4.25. The van der Waals surface area contributed by atoms with Gasteiger partial charge in [0.05, 0.1) is 11.4 Å². The van der Waals surface area contributed by atoms with Gasteiger partial charge in [-0.3, -0.25) is 4.79 Å². The Morgan fingerprint density at radius 3 is 2.71 bits per heavy atom. The molecule has 3 rings (SSSR count). The maximum atomic E-state index is 12.3. The Morgan fingerprint density at radius 1 is 1.29 bits per heavy atom. The zero-order chi connectivity index (χ0) is 16.9. The van der Waals surface area contributed by atoms with E-state index in [-0.39, 0.29) is 17.4 Å². The van der Waals surface area contributed by atoms with Crippen LogP contribution in [0.15, 0.2) is 40.8 Å². The number of nitrogens with one attached hydrogen (secondary N) is 1. The molecule has 2 heterocycles. The lowest BCUT2D eigenvalue weighted by atomic mass is 9.94. The number of rotatable bonds is 4. The molecule has 1 amide bonds. The van der Waals surface area contributed by atoms with Crippen LogP contribution in [0.4, 0.5) is 11.4 Å². The summed E-state index contributed by atoms with van der Waals surface area (Å²) >= 11 is 0. The lowest BCUT2D eigenvalue weighted by Crippen LogP contribution is -2.34. The van der Waals surface area contributed by atoms with Crippen molar-refractivity contribution in [3.05, 3.63) is 47.9 Å². The van der Waals surface area contributed by atoms with E-state index in [1.54, 1.807) is 0 Å². The quantitative estimate of drug-likeness (QED) is 0.922. The van der Waals surface area contributed by atoms with E-state index < -0.39 is 0 Å². The van der Waals surface area contributed by atoms with Gasteiger partial charge < -0.3 is 14.6 Å². The minimum Gasteiger partial charge on any atom is -0.440 e. The zero-order valence-electron chi connectivity index (χ0n) is 13.8. The lowest BCUT2D eigenvalue weighted by molar-refractivity contribution is 0.0996. The van der Waals surface area contributed by atoms with E-state index in [0.717, 1.165) is 30.4 Å². The van der Waals surface area contributed by atoms with Crippen molar-refractivity contribution in [2.45, 2.75) is 26.2 Å². The smallest absolute Gasteiger partial charge is 0.291 e. The molecule has 1 aliphatic rings. The normalized spacial score (nSPS) is 15.1. The molecule has 0 spiro atoms. The van der Waals surface area contributed by atoms with Crippen molar-refractivity contribution < 1.29 is 9.21 Å². The molecule has 24 heavy (non-hydrogen) atoms. The monoisotopic (exact) mass is 323 g/mol. The van der Waals surface area contributed by atoms with Gasteiger partial charge in [-0.05, 0) is 43.0 Å². The molecule has 124 valence electrons. The Kier molecular flexibility index (Phi) is 4.85. The number of para-hydroxylation sites is 2. The fourth-order valence-corrected chi connectivity index (χ4v) is 3.14. The van der Waals surface area contributed by atoms with E-state index in [1.165, 1.54) is 31.4 Å². The molecule has 0 aliphatic carbocycles. The number of hydrogen-bond acceptors (Lipinski definition) is 4. The highest BCUT2D eigenvalue weighted by atomic mass is 16.3. The van der Waals surface area contributed by atoms with Gasteiger partial charge in [0.15, 0.2) is 5.76 Å². The molecule has 0 bridgehead atoms. The Balaban J connectivity index is 1.75. The Hall–Kier alpha value is -2.74. The third-order valence-electron chi connectivity index (χ3n) is 4.62.